The van der Waals surface area contributed by atoms with Gasteiger partial charge in [-0.25, -0.2) is 0 Å². The minimum atomic E-state index is 0.521. The average Bonchev–Trinajstić information content (AvgIpc) is 2.06. The minimum Gasteiger partial charge on any atom is -0.378 e. The molecule has 2 heteroatoms. The van der Waals surface area contributed by atoms with Gasteiger partial charge in [-0.15, -0.1) is 0 Å². The normalized spacial score (nSPS) is 27.0. The summed E-state index contributed by atoms with van der Waals surface area (Å²) < 4.78 is 5.65. The molecule has 0 saturated carbocycles. The number of hydrogen-bond donors (Lipinski definition) is 1. The van der Waals surface area contributed by atoms with Crippen molar-refractivity contribution in [2.75, 3.05) is 13.2 Å². The van der Waals surface area contributed by atoms with Gasteiger partial charge < -0.3 is 10.1 Å². The first kappa shape index (κ1) is 10.0. The van der Waals surface area contributed by atoms with Crippen LogP contribution in [0, 0.1) is 0 Å². The van der Waals surface area contributed by atoms with Crippen molar-refractivity contribution in [3.8, 4) is 0 Å². The van der Waals surface area contributed by atoms with E-state index in [1.54, 1.807) is 0 Å². The van der Waals surface area contributed by atoms with Crippen LogP contribution in [0.4, 0.5) is 0 Å². The van der Waals surface area contributed by atoms with Crippen molar-refractivity contribution in [1.82, 2.24) is 5.32 Å². The summed E-state index contributed by atoms with van der Waals surface area (Å²) in [6.07, 6.45) is 5.56. The fraction of sp³-hybridized carbons (Fsp3) is 1.00. The fourth-order valence-electron chi connectivity index (χ4n) is 1.82. The van der Waals surface area contributed by atoms with E-state index in [-0.39, 0.29) is 0 Å². The molecule has 0 aliphatic carbocycles. The lowest BCUT2D eigenvalue weighted by molar-refractivity contribution is 0.00642. The van der Waals surface area contributed by atoms with Crippen molar-refractivity contribution in [2.24, 2.45) is 0 Å². The van der Waals surface area contributed by atoms with Crippen LogP contribution in [0.15, 0.2) is 0 Å². The molecule has 12 heavy (non-hydrogen) atoms. The molecule has 72 valence electrons. The standard InChI is InChI=1S/C10H21NO/c1-3-11-9(2)8-10-6-4-5-7-12-10/h9-11H,3-8H2,1-2H3. The Morgan fingerprint density at radius 2 is 2.33 bits per heavy atom. The van der Waals surface area contributed by atoms with E-state index in [9.17, 15) is 0 Å². The summed E-state index contributed by atoms with van der Waals surface area (Å²) in [6.45, 7) is 6.43. The number of hydrogen-bond acceptors (Lipinski definition) is 2. The van der Waals surface area contributed by atoms with Crippen LogP contribution in [-0.4, -0.2) is 25.3 Å². The van der Waals surface area contributed by atoms with Crippen LogP contribution in [0.3, 0.4) is 0 Å². The molecule has 2 atom stereocenters. The summed E-state index contributed by atoms with van der Waals surface area (Å²) >= 11 is 0. The van der Waals surface area contributed by atoms with Gasteiger partial charge in [-0.3, -0.25) is 0 Å². The highest BCUT2D eigenvalue weighted by molar-refractivity contribution is 4.70. The molecule has 0 aromatic heterocycles. The van der Waals surface area contributed by atoms with Gasteiger partial charge in [-0.1, -0.05) is 6.92 Å². The van der Waals surface area contributed by atoms with Gasteiger partial charge in [0.25, 0.3) is 0 Å². The highest BCUT2D eigenvalue weighted by atomic mass is 16.5. The Bertz CT molecular complexity index is 110. The van der Waals surface area contributed by atoms with Crippen molar-refractivity contribution in [2.45, 2.75) is 51.7 Å². The third kappa shape index (κ3) is 3.55. The van der Waals surface area contributed by atoms with Gasteiger partial charge in [-0.2, -0.15) is 0 Å². The summed E-state index contributed by atoms with van der Waals surface area (Å²) in [5.41, 5.74) is 0. The molecule has 0 aromatic rings. The zero-order chi connectivity index (χ0) is 8.81. The smallest absolute Gasteiger partial charge is 0.0589 e. The second-order valence-corrected chi connectivity index (χ2v) is 3.68. The highest BCUT2D eigenvalue weighted by Crippen LogP contribution is 2.16. The van der Waals surface area contributed by atoms with Crippen LogP contribution in [0.5, 0.6) is 0 Å². The van der Waals surface area contributed by atoms with Crippen LogP contribution in [0.2, 0.25) is 0 Å². The summed E-state index contributed by atoms with van der Waals surface area (Å²) in [5, 5.41) is 3.41. The van der Waals surface area contributed by atoms with Crippen LogP contribution in [0.25, 0.3) is 0 Å². The molecule has 0 radical (unpaired) electrons. The first-order valence-corrected chi connectivity index (χ1v) is 5.18. The predicted octanol–water partition coefficient (Wildman–Crippen LogP) is 1.94. The van der Waals surface area contributed by atoms with Crippen LogP contribution in [0.1, 0.15) is 39.5 Å². The lowest BCUT2D eigenvalue weighted by Gasteiger charge is -2.25. The maximum Gasteiger partial charge on any atom is 0.0589 e. The number of rotatable bonds is 4. The quantitative estimate of drug-likeness (QED) is 0.698. The highest BCUT2D eigenvalue weighted by Gasteiger charge is 2.15. The van der Waals surface area contributed by atoms with E-state index >= 15 is 0 Å². The predicted molar refractivity (Wildman–Crippen MR) is 51.3 cm³/mol. The maximum atomic E-state index is 5.65. The Labute approximate surface area is 75.7 Å². The molecular weight excluding hydrogens is 150 g/mol. The van der Waals surface area contributed by atoms with Gasteiger partial charge in [0.15, 0.2) is 0 Å². The monoisotopic (exact) mass is 171 g/mol. The molecule has 0 aromatic carbocycles. The van der Waals surface area contributed by atoms with E-state index in [4.69, 9.17) is 4.74 Å². The lowest BCUT2D eigenvalue weighted by Crippen LogP contribution is -2.32. The molecule has 1 aliphatic rings. The molecule has 0 bridgehead atoms. The Balaban J connectivity index is 2.11. The first-order valence-electron chi connectivity index (χ1n) is 5.18. The Morgan fingerprint density at radius 1 is 1.50 bits per heavy atom. The third-order valence-corrected chi connectivity index (χ3v) is 2.44. The van der Waals surface area contributed by atoms with Gasteiger partial charge in [0.1, 0.15) is 0 Å². The van der Waals surface area contributed by atoms with E-state index in [1.165, 1.54) is 25.7 Å². The summed E-state index contributed by atoms with van der Waals surface area (Å²) in [6, 6.07) is 0.609. The minimum absolute atomic E-state index is 0.521. The van der Waals surface area contributed by atoms with E-state index in [0.29, 0.717) is 12.1 Å². The van der Waals surface area contributed by atoms with Gasteiger partial charge in [0, 0.05) is 12.6 Å². The second kappa shape index (κ2) is 5.55. The summed E-state index contributed by atoms with van der Waals surface area (Å²) in [4.78, 5) is 0. The van der Waals surface area contributed by atoms with E-state index in [1.807, 2.05) is 0 Å². The van der Waals surface area contributed by atoms with Gasteiger partial charge >= 0.3 is 0 Å². The van der Waals surface area contributed by atoms with Crippen molar-refractivity contribution in [1.29, 1.82) is 0 Å². The second-order valence-electron chi connectivity index (χ2n) is 3.68. The number of ether oxygens (including phenoxy) is 1. The van der Waals surface area contributed by atoms with E-state index in [2.05, 4.69) is 19.2 Å². The maximum absolute atomic E-state index is 5.65. The van der Waals surface area contributed by atoms with Gasteiger partial charge in [-0.05, 0) is 39.2 Å². The molecule has 1 rings (SSSR count). The zero-order valence-corrected chi connectivity index (χ0v) is 8.31. The van der Waals surface area contributed by atoms with Crippen LogP contribution in [-0.2, 0) is 4.74 Å². The number of nitrogens with one attached hydrogen (secondary N) is 1. The van der Waals surface area contributed by atoms with Crippen molar-refractivity contribution < 1.29 is 4.74 Å². The van der Waals surface area contributed by atoms with Crippen LogP contribution >= 0.6 is 0 Å². The molecule has 1 heterocycles. The summed E-state index contributed by atoms with van der Waals surface area (Å²) in [7, 11) is 0. The topological polar surface area (TPSA) is 21.3 Å². The Morgan fingerprint density at radius 3 is 2.92 bits per heavy atom. The lowest BCUT2D eigenvalue weighted by atomic mass is 10.0. The third-order valence-electron chi connectivity index (χ3n) is 2.44. The van der Waals surface area contributed by atoms with E-state index < -0.39 is 0 Å². The zero-order valence-electron chi connectivity index (χ0n) is 8.31. The molecule has 1 saturated heterocycles. The largest absolute Gasteiger partial charge is 0.378 e. The Kier molecular flexibility index (Phi) is 4.62. The average molecular weight is 171 g/mol. The van der Waals surface area contributed by atoms with Crippen molar-refractivity contribution in [3.63, 3.8) is 0 Å². The molecule has 1 aliphatic heterocycles. The molecule has 0 amide bonds. The Hall–Kier alpha value is -0.0800. The molecule has 1 fully saturated rings. The molecule has 2 unspecified atom stereocenters. The fourth-order valence-corrected chi connectivity index (χ4v) is 1.82. The summed E-state index contributed by atoms with van der Waals surface area (Å²) in [5.74, 6) is 0. The van der Waals surface area contributed by atoms with Gasteiger partial charge in [0.2, 0.25) is 0 Å². The van der Waals surface area contributed by atoms with Gasteiger partial charge in [0.05, 0.1) is 6.10 Å². The first-order chi connectivity index (χ1) is 5.83. The SMILES string of the molecule is CCNC(C)CC1CCCCO1. The molecule has 0 spiro atoms. The molecule has 1 N–H and O–H groups in total. The van der Waals surface area contributed by atoms with Crippen LogP contribution < -0.4 is 5.32 Å². The molecular formula is C10H21NO. The molecule has 2 nitrogen and oxygen atoms in total. The van der Waals surface area contributed by atoms with Crippen molar-refractivity contribution >= 4 is 0 Å². The van der Waals surface area contributed by atoms with E-state index in [0.717, 1.165) is 13.2 Å². The van der Waals surface area contributed by atoms with Crippen molar-refractivity contribution in [3.05, 3.63) is 0 Å².